The first-order valence-electron chi connectivity index (χ1n) is 4.83. The molecule has 1 atom stereocenters. The molecule has 1 unspecified atom stereocenters. The molecule has 0 spiro atoms. The lowest BCUT2D eigenvalue weighted by molar-refractivity contribution is -0.137. The Kier molecular flexibility index (Phi) is 3.93. The highest BCUT2D eigenvalue weighted by Crippen LogP contribution is 2.03. The molecule has 1 rings (SSSR count). The summed E-state index contributed by atoms with van der Waals surface area (Å²) in [7, 11) is 0. The van der Waals surface area contributed by atoms with Crippen molar-refractivity contribution in [2.75, 3.05) is 6.54 Å². The van der Waals surface area contributed by atoms with E-state index < -0.39 is 17.9 Å². The van der Waals surface area contributed by atoms with E-state index in [2.05, 4.69) is 5.32 Å². The van der Waals surface area contributed by atoms with Crippen LogP contribution in [0.15, 0.2) is 12.2 Å². The lowest BCUT2D eigenvalue weighted by Crippen LogP contribution is -2.38. The average Bonchev–Trinajstić information content (AvgIpc) is 2.56. The van der Waals surface area contributed by atoms with Gasteiger partial charge in [0.15, 0.2) is 0 Å². The van der Waals surface area contributed by atoms with Gasteiger partial charge in [0.05, 0.1) is 6.04 Å². The molecule has 0 saturated heterocycles. The minimum absolute atomic E-state index is 0.00264. The molecule has 0 saturated carbocycles. The molecule has 1 aliphatic heterocycles. The van der Waals surface area contributed by atoms with Gasteiger partial charge in [-0.15, -0.1) is 0 Å². The van der Waals surface area contributed by atoms with Gasteiger partial charge in [0.25, 0.3) is 11.8 Å². The van der Waals surface area contributed by atoms with E-state index in [0.29, 0.717) is 6.29 Å². The van der Waals surface area contributed by atoms with Gasteiger partial charge in [-0.05, 0) is 6.92 Å². The molecule has 0 radical (unpaired) electrons. The number of hydrogen-bond acceptors (Lipinski definition) is 4. The van der Waals surface area contributed by atoms with E-state index >= 15 is 0 Å². The fraction of sp³-hybridized carbons (Fsp3) is 0.400. The highest BCUT2D eigenvalue weighted by Gasteiger charge is 2.23. The van der Waals surface area contributed by atoms with Crippen LogP contribution in [-0.2, 0) is 19.2 Å². The van der Waals surface area contributed by atoms with Crippen LogP contribution in [0.1, 0.15) is 13.3 Å². The molecular formula is C10H12N2O4. The lowest BCUT2D eigenvalue weighted by Gasteiger charge is -2.13. The van der Waals surface area contributed by atoms with Gasteiger partial charge in [0.1, 0.15) is 6.29 Å². The predicted octanol–water partition coefficient (Wildman–Crippen LogP) is -0.995. The van der Waals surface area contributed by atoms with E-state index in [1.807, 2.05) is 0 Å². The largest absolute Gasteiger partial charge is 0.347 e. The molecule has 86 valence electrons. The number of amides is 3. The first-order chi connectivity index (χ1) is 7.54. The molecule has 6 nitrogen and oxygen atoms in total. The molecular weight excluding hydrogens is 212 g/mol. The summed E-state index contributed by atoms with van der Waals surface area (Å²) >= 11 is 0. The predicted molar refractivity (Wildman–Crippen MR) is 54.1 cm³/mol. The van der Waals surface area contributed by atoms with Crippen molar-refractivity contribution in [1.29, 1.82) is 0 Å². The van der Waals surface area contributed by atoms with Crippen molar-refractivity contribution in [3.63, 3.8) is 0 Å². The van der Waals surface area contributed by atoms with Crippen LogP contribution in [0.3, 0.4) is 0 Å². The summed E-state index contributed by atoms with van der Waals surface area (Å²) in [6, 6.07) is -0.560. The Hall–Kier alpha value is -1.98. The average molecular weight is 224 g/mol. The molecule has 0 bridgehead atoms. The fourth-order valence-electron chi connectivity index (χ4n) is 1.22. The topological polar surface area (TPSA) is 83.6 Å². The minimum atomic E-state index is -0.560. The number of nitrogens with one attached hydrogen (secondary N) is 1. The van der Waals surface area contributed by atoms with Gasteiger partial charge in [0.2, 0.25) is 5.91 Å². The Labute approximate surface area is 92.3 Å². The van der Waals surface area contributed by atoms with Crippen LogP contribution in [0, 0.1) is 0 Å². The van der Waals surface area contributed by atoms with Gasteiger partial charge in [-0.25, -0.2) is 0 Å². The van der Waals surface area contributed by atoms with Gasteiger partial charge in [-0.1, -0.05) is 0 Å². The maximum absolute atomic E-state index is 11.2. The number of carbonyl (C=O) groups excluding carboxylic acids is 4. The van der Waals surface area contributed by atoms with Gasteiger partial charge in [-0.2, -0.15) is 0 Å². The molecule has 1 aliphatic rings. The number of imide groups is 1. The SMILES string of the molecule is CC(C=O)NC(=O)CCN1C(=O)C=CC1=O. The van der Waals surface area contributed by atoms with Gasteiger partial charge in [-0.3, -0.25) is 19.3 Å². The minimum Gasteiger partial charge on any atom is -0.347 e. The first kappa shape index (κ1) is 12.1. The third-order valence-electron chi connectivity index (χ3n) is 2.06. The third-order valence-corrected chi connectivity index (χ3v) is 2.06. The van der Waals surface area contributed by atoms with Crippen LogP contribution in [0.2, 0.25) is 0 Å². The normalized spacial score (nSPS) is 16.4. The molecule has 16 heavy (non-hydrogen) atoms. The number of aldehydes is 1. The molecule has 0 aliphatic carbocycles. The van der Waals surface area contributed by atoms with E-state index in [4.69, 9.17) is 0 Å². The van der Waals surface area contributed by atoms with Crippen molar-refractivity contribution in [1.82, 2.24) is 10.2 Å². The van der Waals surface area contributed by atoms with E-state index in [9.17, 15) is 19.2 Å². The lowest BCUT2D eigenvalue weighted by atomic mass is 10.3. The second-order valence-corrected chi connectivity index (χ2v) is 3.40. The zero-order valence-electron chi connectivity index (χ0n) is 8.80. The van der Waals surface area contributed by atoms with Crippen LogP contribution in [0.4, 0.5) is 0 Å². The van der Waals surface area contributed by atoms with Gasteiger partial charge < -0.3 is 10.1 Å². The van der Waals surface area contributed by atoms with E-state index in [1.165, 1.54) is 0 Å². The maximum atomic E-state index is 11.2. The van der Waals surface area contributed by atoms with Crippen molar-refractivity contribution in [3.05, 3.63) is 12.2 Å². The smallest absolute Gasteiger partial charge is 0.253 e. The monoisotopic (exact) mass is 224 g/mol. The van der Waals surface area contributed by atoms with Gasteiger partial charge >= 0.3 is 0 Å². The molecule has 6 heteroatoms. The molecule has 0 aromatic heterocycles. The number of nitrogens with zero attached hydrogens (tertiary/aromatic N) is 1. The summed E-state index contributed by atoms with van der Waals surface area (Å²) in [4.78, 5) is 44.7. The quantitative estimate of drug-likeness (QED) is 0.480. The molecule has 1 N–H and O–H groups in total. The first-order valence-corrected chi connectivity index (χ1v) is 4.83. The summed E-state index contributed by atoms with van der Waals surface area (Å²) in [5.74, 6) is -1.20. The summed E-state index contributed by atoms with van der Waals surface area (Å²) < 4.78 is 0. The second kappa shape index (κ2) is 5.20. The Morgan fingerprint density at radius 1 is 1.44 bits per heavy atom. The van der Waals surface area contributed by atoms with E-state index in [1.54, 1.807) is 6.92 Å². The van der Waals surface area contributed by atoms with Crippen LogP contribution in [0.5, 0.6) is 0 Å². The van der Waals surface area contributed by atoms with Crippen LogP contribution in [-0.4, -0.2) is 41.5 Å². The second-order valence-electron chi connectivity index (χ2n) is 3.40. The van der Waals surface area contributed by atoms with E-state index in [0.717, 1.165) is 17.1 Å². The van der Waals surface area contributed by atoms with Crippen molar-refractivity contribution in [2.45, 2.75) is 19.4 Å². The Morgan fingerprint density at radius 3 is 2.50 bits per heavy atom. The summed E-state index contributed by atoms with van der Waals surface area (Å²) in [5.41, 5.74) is 0. The van der Waals surface area contributed by atoms with E-state index in [-0.39, 0.29) is 18.9 Å². The zero-order chi connectivity index (χ0) is 12.1. The van der Waals surface area contributed by atoms with Crippen molar-refractivity contribution < 1.29 is 19.2 Å². The Balaban J connectivity index is 2.35. The van der Waals surface area contributed by atoms with Gasteiger partial charge in [0, 0.05) is 25.1 Å². The summed E-state index contributed by atoms with van der Waals surface area (Å²) in [5, 5.41) is 2.41. The molecule has 0 fully saturated rings. The molecule has 0 aromatic carbocycles. The van der Waals surface area contributed by atoms with Crippen molar-refractivity contribution in [2.24, 2.45) is 0 Å². The van der Waals surface area contributed by atoms with Crippen molar-refractivity contribution in [3.8, 4) is 0 Å². The third kappa shape index (κ3) is 3.01. The number of carbonyl (C=O) groups is 4. The Morgan fingerprint density at radius 2 is 2.00 bits per heavy atom. The summed E-state index contributed by atoms with van der Waals surface area (Å²) in [6.45, 7) is 1.57. The number of rotatable bonds is 5. The van der Waals surface area contributed by atoms with Crippen LogP contribution < -0.4 is 5.32 Å². The highest BCUT2D eigenvalue weighted by atomic mass is 16.2. The number of hydrogen-bond donors (Lipinski definition) is 1. The molecule has 3 amide bonds. The molecule has 0 aromatic rings. The summed E-state index contributed by atoms with van der Waals surface area (Å²) in [6.07, 6.45) is 2.92. The van der Waals surface area contributed by atoms with Crippen LogP contribution in [0.25, 0.3) is 0 Å². The maximum Gasteiger partial charge on any atom is 0.253 e. The van der Waals surface area contributed by atoms with Crippen molar-refractivity contribution >= 4 is 24.0 Å². The highest BCUT2D eigenvalue weighted by molar-refractivity contribution is 6.13. The van der Waals surface area contributed by atoms with Crippen LogP contribution >= 0.6 is 0 Å². The fourth-order valence-corrected chi connectivity index (χ4v) is 1.22. The zero-order valence-corrected chi connectivity index (χ0v) is 8.80. The Bertz CT molecular complexity index is 344. The molecule has 1 heterocycles. The standard InChI is InChI=1S/C10H12N2O4/c1-7(6-13)11-8(14)4-5-12-9(15)2-3-10(12)16/h2-3,6-7H,4-5H2,1H3,(H,11,14).